The second-order valence-corrected chi connectivity index (χ2v) is 3.29. The van der Waals surface area contributed by atoms with Crippen LogP contribution < -0.4 is 0 Å². The fourth-order valence-corrected chi connectivity index (χ4v) is 1.15. The Morgan fingerprint density at radius 1 is 1.29 bits per heavy atom. The molecule has 1 aromatic rings. The molecule has 0 saturated carbocycles. The molecule has 0 amide bonds. The molecule has 0 aliphatic carbocycles. The summed E-state index contributed by atoms with van der Waals surface area (Å²) in [6.07, 6.45) is 0. The van der Waals surface area contributed by atoms with Crippen molar-refractivity contribution in [1.82, 2.24) is 0 Å². The van der Waals surface area contributed by atoms with Crippen LogP contribution in [0.5, 0.6) is 0 Å². The fraction of sp³-hybridized carbons (Fsp3) is 0.250. The minimum Gasteiger partial charge on any atom is -0.447 e. The first kappa shape index (κ1) is 11.4. The van der Waals surface area contributed by atoms with E-state index in [1.54, 1.807) is 24.3 Å². The van der Waals surface area contributed by atoms with E-state index in [0.717, 1.165) is 0 Å². The van der Waals surface area contributed by atoms with E-state index in [1.807, 2.05) is 0 Å². The first-order valence-electron chi connectivity index (χ1n) is 4.00. The van der Waals surface area contributed by atoms with Crippen molar-refractivity contribution in [3.8, 4) is 0 Å². The standard InChI is InChI=1S/C8H8BClF3O/c10-8-3-1-2-7(4-8)5-14-6-9(11,12)13/h1-4H,5-6H2/q-1. The van der Waals surface area contributed by atoms with Gasteiger partial charge in [-0.05, 0) is 17.7 Å². The number of hydrogen-bond acceptors (Lipinski definition) is 1. The van der Waals surface area contributed by atoms with E-state index in [4.69, 9.17) is 11.6 Å². The van der Waals surface area contributed by atoms with Crippen LogP contribution in [0.3, 0.4) is 0 Å². The Bertz CT molecular complexity index is 303. The topological polar surface area (TPSA) is 9.23 Å². The summed E-state index contributed by atoms with van der Waals surface area (Å²) in [5, 5.41) is 0.489. The molecular weight excluding hydrogens is 215 g/mol. The fourth-order valence-electron chi connectivity index (χ4n) is 0.937. The Hall–Kier alpha value is -0.675. The van der Waals surface area contributed by atoms with E-state index in [1.165, 1.54) is 0 Å². The predicted octanol–water partition coefficient (Wildman–Crippen LogP) is 3.24. The van der Waals surface area contributed by atoms with Gasteiger partial charge in [-0.3, -0.25) is 0 Å². The Kier molecular flexibility index (Phi) is 3.83. The molecule has 0 unspecified atom stereocenters. The van der Waals surface area contributed by atoms with Crippen molar-refractivity contribution in [2.75, 3.05) is 6.51 Å². The van der Waals surface area contributed by atoms with Crippen molar-refractivity contribution in [2.24, 2.45) is 0 Å². The van der Waals surface area contributed by atoms with Crippen LogP contribution in [0.2, 0.25) is 5.02 Å². The lowest BCUT2D eigenvalue weighted by molar-refractivity contribution is 0.137. The van der Waals surface area contributed by atoms with Crippen LogP contribution in [0, 0.1) is 0 Å². The second-order valence-electron chi connectivity index (χ2n) is 2.86. The highest BCUT2D eigenvalue weighted by Gasteiger charge is 2.22. The van der Waals surface area contributed by atoms with E-state index < -0.39 is 13.5 Å². The monoisotopic (exact) mass is 223 g/mol. The largest absolute Gasteiger partial charge is 0.503 e. The van der Waals surface area contributed by atoms with Crippen LogP contribution in [0.1, 0.15) is 5.56 Å². The van der Waals surface area contributed by atoms with Gasteiger partial charge in [0.1, 0.15) is 0 Å². The van der Waals surface area contributed by atoms with Crippen LogP contribution in [-0.4, -0.2) is 13.5 Å². The Morgan fingerprint density at radius 3 is 2.57 bits per heavy atom. The summed E-state index contributed by atoms with van der Waals surface area (Å²) < 4.78 is 39.7. The van der Waals surface area contributed by atoms with Crippen LogP contribution in [-0.2, 0) is 11.3 Å². The maximum absolute atomic E-state index is 11.7. The highest BCUT2D eigenvalue weighted by atomic mass is 35.5. The minimum absolute atomic E-state index is 0.0676. The quantitative estimate of drug-likeness (QED) is 0.712. The Balaban J connectivity index is 2.39. The first-order chi connectivity index (χ1) is 6.47. The van der Waals surface area contributed by atoms with Gasteiger partial charge in [-0.2, -0.15) is 0 Å². The van der Waals surface area contributed by atoms with Gasteiger partial charge < -0.3 is 17.7 Å². The van der Waals surface area contributed by atoms with Gasteiger partial charge in [0, 0.05) is 11.5 Å². The van der Waals surface area contributed by atoms with Gasteiger partial charge in [-0.15, -0.1) is 0 Å². The summed E-state index contributed by atoms with van der Waals surface area (Å²) in [6.45, 7) is -6.11. The van der Waals surface area contributed by atoms with E-state index in [9.17, 15) is 12.9 Å². The van der Waals surface area contributed by atoms with Gasteiger partial charge in [0.15, 0.2) is 0 Å². The predicted molar refractivity (Wildman–Crippen MR) is 50.2 cm³/mol. The average Bonchev–Trinajstić information content (AvgIpc) is 2.01. The molecule has 0 aromatic heterocycles. The van der Waals surface area contributed by atoms with Gasteiger partial charge in [0.25, 0.3) is 0 Å². The van der Waals surface area contributed by atoms with E-state index >= 15 is 0 Å². The van der Waals surface area contributed by atoms with E-state index in [2.05, 4.69) is 4.74 Å². The highest BCUT2D eigenvalue weighted by Crippen LogP contribution is 2.13. The van der Waals surface area contributed by atoms with Crippen LogP contribution in [0.4, 0.5) is 12.9 Å². The molecule has 0 spiro atoms. The van der Waals surface area contributed by atoms with Gasteiger partial charge in [0.05, 0.1) is 6.61 Å². The van der Waals surface area contributed by atoms with Crippen LogP contribution in [0.25, 0.3) is 0 Å². The van der Waals surface area contributed by atoms with Gasteiger partial charge >= 0.3 is 6.98 Å². The normalized spacial score (nSPS) is 11.7. The molecule has 0 radical (unpaired) electrons. The zero-order valence-corrected chi connectivity index (χ0v) is 7.98. The number of halogens is 4. The molecule has 1 nitrogen and oxygen atoms in total. The molecule has 0 heterocycles. The summed E-state index contributed by atoms with van der Waals surface area (Å²) in [5.41, 5.74) is 0.637. The Labute approximate surface area is 84.9 Å². The number of rotatable bonds is 4. The molecular formula is C8H8BClF3O-. The maximum Gasteiger partial charge on any atom is 0.503 e. The zero-order chi connectivity index (χ0) is 10.6. The lowest BCUT2D eigenvalue weighted by atomic mass is 9.95. The van der Waals surface area contributed by atoms with E-state index in [0.29, 0.717) is 10.6 Å². The van der Waals surface area contributed by atoms with Crippen molar-refractivity contribution >= 4 is 18.6 Å². The molecule has 0 N–H and O–H groups in total. The lowest BCUT2D eigenvalue weighted by Gasteiger charge is -2.13. The van der Waals surface area contributed by atoms with Crippen molar-refractivity contribution in [3.63, 3.8) is 0 Å². The van der Waals surface area contributed by atoms with Crippen LogP contribution in [0.15, 0.2) is 24.3 Å². The summed E-state index contributed by atoms with van der Waals surface area (Å²) >= 11 is 5.64. The molecule has 0 saturated heterocycles. The molecule has 0 aliphatic rings. The summed E-state index contributed by atoms with van der Waals surface area (Å²) in [4.78, 5) is 0. The van der Waals surface area contributed by atoms with E-state index in [-0.39, 0.29) is 6.61 Å². The zero-order valence-electron chi connectivity index (χ0n) is 7.22. The molecule has 1 rings (SSSR count). The molecule has 0 aliphatic heterocycles. The van der Waals surface area contributed by atoms with Gasteiger partial charge in [-0.25, -0.2) is 0 Å². The van der Waals surface area contributed by atoms with Crippen molar-refractivity contribution in [2.45, 2.75) is 6.61 Å². The van der Waals surface area contributed by atoms with Crippen molar-refractivity contribution in [1.29, 1.82) is 0 Å². The Morgan fingerprint density at radius 2 is 2.00 bits per heavy atom. The lowest BCUT2D eigenvalue weighted by Crippen LogP contribution is -2.23. The van der Waals surface area contributed by atoms with Crippen LogP contribution >= 0.6 is 11.6 Å². The molecule has 1 aromatic carbocycles. The third-order valence-corrected chi connectivity index (χ3v) is 1.70. The third kappa shape index (κ3) is 4.53. The first-order valence-corrected chi connectivity index (χ1v) is 4.38. The number of benzene rings is 1. The highest BCUT2D eigenvalue weighted by molar-refractivity contribution is 6.58. The number of hydrogen-bond donors (Lipinski definition) is 0. The average molecular weight is 223 g/mol. The van der Waals surface area contributed by atoms with Crippen molar-refractivity contribution < 1.29 is 17.7 Å². The molecule has 78 valence electrons. The molecule has 0 bridgehead atoms. The number of ether oxygens (including phenoxy) is 1. The van der Waals surface area contributed by atoms with Gasteiger partial charge in [0.2, 0.25) is 0 Å². The molecule has 14 heavy (non-hydrogen) atoms. The van der Waals surface area contributed by atoms with Crippen molar-refractivity contribution in [3.05, 3.63) is 34.9 Å². The smallest absolute Gasteiger partial charge is 0.447 e. The summed E-state index contributed by atoms with van der Waals surface area (Å²) in [5.74, 6) is 0. The minimum atomic E-state index is -4.86. The summed E-state index contributed by atoms with van der Waals surface area (Å²) in [6, 6.07) is 6.55. The van der Waals surface area contributed by atoms with Gasteiger partial charge in [-0.1, -0.05) is 23.7 Å². The third-order valence-electron chi connectivity index (χ3n) is 1.46. The SMILES string of the molecule is F[B-](F)(F)COCc1cccc(Cl)c1. The molecule has 0 fully saturated rings. The summed E-state index contributed by atoms with van der Waals surface area (Å²) in [7, 11) is 0. The second kappa shape index (κ2) is 4.71. The maximum atomic E-state index is 11.7. The molecule has 0 atom stereocenters. The molecule has 6 heteroatoms.